The zero-order chi connectivity index (χ0) is 13.3. The predicted molar refractivity (Wildman–Crippen MR) is 64.1 cm³/mol. The molecule has 1 atom stereocenters. The van der Waals surface area contributed by atoms with Gasteiger partial charge in [-0.05, 0) is 40.9 Å². The van der Waals surface area contributed by atoms with Crippen molar-refractivity contribution in [2.45, 2.75) is 19.0 Å². The number of carbonyl (C=O) groups excluding carboxylic acids is 1. The number of likely N-dealkylation sites (tertiary alicyclic amines) is 1. The second kappa shape index (κ2) is 5.30. The molecule has 1 aliphatic rings. The van der Waals surface area contributed by atoms with Crippen LogP contribution in [0.1, 0.15) is 23.2 Å². The summed E-state index contributed by atoms with van der Waals surface area (Å²) in [4.78, 5) is 13.3. The zero-order valence-corrected chi connectivity index (χ0v) is 11.0. The van der Waals surface area contributed by atoms with Gasteiger partial charge in [-0.1, -0.05) is 0 Å². The van der Waals surface area contributed by atoms with Gasteiger partial charge >= 0.3 is 0 Å². The SMILES string of the molecule is O=C(c1c(F)ccc(F)c1Br)N1CCCC(F)C1. The average molecular weight is 322 g/mol. The predicted octanol–water partition coefficient (Wildman–Crippen LogP) is 3.30. The molecule has 98 valence electrons. The van der Waals surface area contributed by atoms with Gasteiger partial charge in [-0.25, -0.2) is 13.2 Å². The van der Waals surface area contributed by atoms with Crippen molar-refractivity contribution in [3.63, 3.8) is 0 Å². The van der Waals surface area contributed by atoms with Crippen LogP contribution in [-0.2, 0) is 0 Å². The summed E-state index contributed by atoms with van der Waals surface area (Å²) in [5.74, 6) is -2.20. The minimum atomic E-state index is -1.10. The lowest BCUT2D eigenvalue weighted by atomic mass is 10.1. The number of halogens is 4. The first-order valence-electron chi connectivity index (χ1n) is 5.57. The number of alkyl halides is 1. The summed E-state index contributed by atoms with van der Waals surface area (Å²) in [5, 5.41) is 0. The normalized spacial score (nSPS) is 20.0. The molecular formula is C12H11BrF3NO. The second-order valence-electron chi connectivity index (χ2n) is 4.21. The Kier molecular flexibility index (Phi) is 3.94. The van der Waals surface area contributed by atoms with Gasteiger partial charge in [0.1, 0.15) is 17.8 Å². The van der Waals surface area contributed by atoms with Gasteiger partial charge in [-0.3, -0.25) is 4.79 Å². The summed E-state index contributed by atoms with van der Waals surface area (Å²) in [5.41, 5.74) is -0.371. The van der Waals surface area contributed by atoms with Crippen LogP contribution in [0.4, 0.5) is 13.2 Å². The third-order valence-electron chi connectivity index (χ3n) is 2.91. The minimum absolute atomic E-state index is 0.0682. The van der Waals surface area contributed by atoms with Crippen molar-refractivity contribution in [1.82, 2.24) is 4.90 Å². The molecule has 0 spiro atoms. The Morgan fingerprint density at radius 1 is 1.33 bits per heavy atom. The van der Waals surface area contributed by atoms with E-state index in [1.807, 2.05) is 0 Å². The Hall–Kier alpha value is -1.04. The molecule has 0 saturated carbocycles. The number of rotatable bonds is 1. The van der Waals surface area contributed by atoms with E-state index in [2.05, 4.69) is 15.9 Å². The Morgan fingerprint density at radius 2 is 2.00 bits per heavy atom. The summed E-state index contributed by atoms with van der Waals surface area (Å²) < 4.78 is 39.9. The first kappa shape index (κ1) is 13.4. The van der Waals surface area contributed by atoms with E-state index < -0.39 is 23.7 Å². The molecular weight excluding hydrogens is 311 g/mol. The maximum atomic E-state index is 13.6. The van der Waals surface area contributed by atoms with Crippen LogP contribution in [0.5, 0.6) is 0 Å². The summed E-state index contributed by atoms with van der Waals surface area (Å²) in [6.07, 6.45) is -0.170. The standard InChI is InChI=1S/C12H11BrF3NO/c13-11-9(16)4-3-8(15)10(11)12(18)17-5-1-2-7(14)6-17/h3-4,7H,1-2,5-6H2. The largest absolute Gasteiger partial charge is 0.336 e. The lowest BCUT2D eigenvalue weighted by Crippen LogP contribution is -2.41. The molecule has 1 fully saturated rings. The smallest absolute Gasteiger partial charge is 0.258 e. The topological polar surface area (TPSA) is 20.3 Å². The van der Waals surface area contributed by atoms with E-state index in [1.165, 1.54) is 4.90 Å². The maximum absolute atomic E-state index is 13.6. The fourth-order valence-electron chi connectivity index (χ4n) is 1.99. The van der Waals surface area contributed by atoms with Crippen LogP contribution >= 0.6 is 15.9 Å². The number of carbonyl (C=O) groups is 1. The number of nitrogens with zero attached hydrogens (tertiary/aromatic N) is 1. The number of hydrogen-bond acceptors (Lipinski definition) is 1. The molecule has 0 radical (unpaired) electrons. The van der Waals surface area contributed by atoms with Crippen LogP contribution < -0.4 is 0 Å². The van der Waals surface area contributed by atoms with Crippen molar-refractivity contribution >= 4 is 21.8 Å². The van der Waals surface area contributed by atoms with Crippen molar-refractivity contribution in [2.75, 3.05) is 13.1 Å². The highest BCUT2D eigenvalue weighted by atomic mass is 79.9. The van der Waals surface area contributed by atoms with E-state index in [-0.39, 0.29) is 16.6 Å². The molecule has 1 aromatic carbocycles. The molecule has 1 aromatic rings. The van der Waals surface area contributed by atoms with Gasteiger partial charge in [-0.2, -0.15) is 0 Å². The Balaban J connectivity index is 2.31. The van der Waals surface area contributed by atoms with E-state index in [1.54, 1.807) is 0 Å². The summed E-state index contributed by atoms with van der Waals surface area (Å²) >= 11 is 2.86. The molecule has 0 N–H and O–H groups in total. The molecule has 1 unspecified atom stereocenters. The van der Waals surface area contributed by atoms with Crippen LogP contribution in [0, 0.1) is 11.6 Å². The van der Waals surface area contributed by atoms with E-state index in [9.17, 15) is 18.0 Å². The monoisotopic (exact) mass is 321 g/mol. The minimum Gasteiger partial charge on any atom is -0.336 e. The van der Waals surface area contributed by atoms with Gasteiger partial charge in [0.05, 0.1) is 16.6 Å². The van der Waals surface area contributed by atoms with E-state index in [4.69, 9.17) is 0 Å². The van der Waals surface area contributed by atoms with Gasteiger partial charge in [-0.15, -0.1) is 0 Å². The number of benzene rings is 1. The van der Waals surface area contributed by atoms with Gasteiger partial charge in [0.25, 0.3) is 5.91 Å². The Bertz CT molecular complexity index is 481. The van der Waals surface area contributed by atoms with Crippen LogP contribution in [-0.4, -0.2) is 30.1 Å². The van der Waals surface area contributed by atoms with Crippen molar-refractivity contribution < 1.29 is 18.0 Å². The fourth-order valence-corrected chi connectivity index (χ4v) is 2.48. The molecule has 6 heteroatoms. The molecule has 1 amide bonds. The lowest BCUT2D eigenvalue weighted by Gasteiger charge is -2.29. The van der Waals surface area contributed by atoms with Crippen LogP contribution in [0.25, 0.3) is 0 Å². The Morgan fingerprint density at radius 3 is 2.67 bits per heavy atom. The number of piperidine rings is 1. The highest BCUT2D eigenvalue weighted by Gasteiger charge is 2.28. The van der Waals surface area contributed by atoms with Crippen LogP contribution in [0.2, 0.25) is 0 Å². The molecule has 2 rings (SSSR count). The first-order valence-corrected chi connectivity index (χ1v) is 6.37. The van der Waals surface area contributed by atoms with Gasteiger partial charge in [0.15, 0.2) is 0 Å². The molecule has 0 aromatic heterocycles. The molecule has 18 heavy (non-hydrogen) atoms. The number of amides is 1. The van der Waals surface area contributed by atoms with E-state index in [0.717, 1.165) is 12.1 Å². The third kappa shape index (κ3) is 2.53. The molecule has 1 heterocycles. The van der Waals surface area contributed by atoms with Crippen LogP contribution in [0.15, 0.2) is 16.6 Å². The van der Waals surface area contributed by atoms with Gasteiger partial charge in [0.2, 0.25) is 0 Å². The van der Waals surface area contributed by atoms with Crippen molar-refractivity contribution in [3.05, 3.63) is 33.8 Å². The average Bonchev–Trinajstić information content (AvgIpc) is 2.34. The Labute approximate surface area is 111 Å². The second-order valence-corrected chi connectivity index (χ2v) is 5.00. The fraction of sp³-hybridized carbons (Fsp3) is 0.417. The van der Waals surface area contributed by atoms with Crippen LogP contribution in [0.3, 0.4) is 0 Å². The molecule has 0 bridgehead atoms. The third-order valence-corrected chi connectivity index (χ3v) is 3.68. The molecule has 0 aliphatic carbocycles. The molecule has 1 aliphatic heterocycles. The lowest BCUT2D eigenvalue weighted by molar-refractivity contribution is 0.0630. The first-order chi connectivity index (χ1) is 8.50. The van der Waals surface area contributed by atoms with Gasteiger partial charge < -0.3 is 4.90 Å². The van der Waals surface area contributed by atoms with E-state index in [0.29, 0.717) is 19.4 Å². The quantitative estimate of drug-likeness (QED) is 0.727. The van der Waals surface area contributed by atoms with Crippen molar-refractivity contribution in [1.29, 1.82) is 0 Å². The number of hydrogen-bond donors (Lipinski definition) is 0. The molecule has 2 nitrogen and oxygen atoms in total. The van der Waals surface area contributed by atoms with Gasteiger partial charge in [0, 0.05) is 6.54 Å². The highest BCUT2D eigenvalue weighted by Crippen LogP contribution is 2.26. The summed E-state index contributed by atoms with van der Waals surface area (Å²) in [7, 11) is 0. The zero-order valence-electron chi connectivity index (χ0n) is 9.43. The highest BCUT2D eigenvalue weighted by molar-refractivity contribution is 9.10. The van der Waals surface area contributed by atoms with Crippen molar-refractivity contribution in [2.24, 2.45) is 0 Å². The summed E-state index contributed by atoms with van der Waals surface area (Å²) in [6.45, 7) is 0.295. The van der Waals surface area contributed by atoms with Crippen molar-refractivity contribution in [3.8, 4) is 0 Å². The molecule has 1 saturated heterocycles. The summed E-state index contributed by atoms with van der Waals surface area (Å²) in [6, 6.07) is 1.83. The maximum Gasteiger partial charge on any atom is 0.258 e. The van der Waals surface area contributed by atoms with E-state index >= 15 is 0 Å².